The normalized spacial score (nSPS) is 11.0. The Morgan fingerprint density at radius 3 is 2.66 bits per heavy atom. The number of hydrogen-bond acceptors (Lipinski definition) is 6. The Bertz CT molecular complexity index is 1190. The zero-order chi connectivity index (χ0) is 20.4. The number of nitrogens with one attached hydrogen (secondary N) is 1. The second-order valence-corrected chi connectivity index (χ2v) is 9.17. The van der Waals surface area contributed by atoms with Crippen molar-refractivity contribution < 1.29 is 4.79 Å². The number of thioether (sulfide) groups is 1. The highest BCUT2D eigenvalue weighted by Gasteiger charge is 2.20. The number of benzene rings is 2. The van der Waals surface area contributed by atoms with Crippen molar-refractivity contribution in [1.82, 2.24) is 15.2 Å². The highest BCUT2D eigenvalue weighted by Crippen LogP contribution is 2.31. The second-order valence-electron chi connectivity index (χ2n) is 6.24. The van der Waals surface area contributed by atoms with Crippen molar-refractivity contribution in [2.24, 2.45) is 0 Å². The fourth-order valence-corrected chi connectivity index (χ4v) is 4.86. The molecule has 0 aliphatic heterocycles. The molecular formula is C21H17ClN4OS2. The lowest BCUT2D eigenvalue weighted by Crippen LogP contribution is -2.15. The summed E-state index contributed by atoms with van der Waals surface area (Å²) in [6.07, 6.45) is 0. The highest BCUT2D eigenvalue weighted by atomic mass is 35.5. The van der Waals surface area contributed by atoms with Crippen LogP contribution in [-0.2, 0) is 0 Å². The molecule has 29 heavy (non-hydrogen) atoms. The van der Waals surface area contributed by atoms with E-state index in [0.29, 0.717) is 15.7 Å². The smallest absolute Gasteiger partial charge is 0.258 e. The summed E-state index contributed by atoms with van der Waals surface area (Å²) in [5.74, 6) is 0.682. The minimum absolute atomic E-state index is 0.222. The molecule has 0 bridgehead atoms. The largest absolute Gasteiger partial charge is 0.296 e. The standard InChI is InChI=1S/C21H17ClN4OS2/c1-3-28-21-26-25-20(29-21)24-19(27)17-12(2)18(13-8-10-14(22)11-9-13)23-16-7-5-4-6-15(16)17/h4-11H,3H2,1-2H3,(H,24,25,27). The van der Waals surface area contributed by atoms with Crippen LogP contribution in [0, 0.1) is 6.92 Å². The molecule has 1 amide bonds. The van der Waals surface area contributed by atoms with Crippen molar-refractivity contribution in [1.29, 1.82) is 0 Å². The Hall–Kier alpha value is -2.48. The molecule has 0 saturated heterocycles. The maximum Gasteiger partial charge on any atom is 0.258 e. The van der Waals surface area contributed by atoms with Crippen LogP contribution in [0.25, 0.3) is 22.2 Å². The molecule has 1 N–H and O–H groups in total. The molecule has 0 spiro atoms. The van der Waals surface area contributed by atoms with E-state index in [2.05, 4.69) is 22.4 Å². The average Bonchev–Trinajstić information content (AvgIpc) is 3.15. The number of hydrogen-bond donors (Lipinski definition) is 1. The summed E-state index contributed by atoms with van der Waals surface area (Å²) in [5, 5.41) is 13.0. The van der Waals surface area contributed by atoms with Crippen LogP contribution < -0.4 is 5.32 Å². The van der Waals surface area contributed by atoms with Crippen LogP contribution in [-0.4, -0.2) is 26.8 Å². The van der Waals surface area contributed by atoms with Gasteiger partial charge < -0.3 is 0 Å². The van der Waals surface area contributed by atoms with Crippen molar-refractivity contribution in [2.75, 3.05) is 11.1 Å². The molecule has 0 aliphatic rings. The number of halogens is 1. The molecule has 4 aromatic rings. The molecule has 146 valence electrons. The first-order valence-electron chi connectivity index (χ1n) is 8.99. The molecule has 0 fully saturated rings. The zero-order valence-electron chi connectivity index (χ0n) is 15.8. The Balaban J connectivity index is 1.80. The maximum atomic E-state index is 13.2. The lowest BCUT2D eigenvalue weighted by molar-refractivity contribution is 0.102. The maximum absolute atomic E-state index is 13.2. The number of anilines is 1. The summed E-state index contributed by atoms with van der Waals surface area (Å²) in [6, 6.07) is 15.1. The third-order valence-corrected chi connectivity index (χ3v) is 6.48. The monoisotopic (exact) mass is 440 g/mol. The molecule has 2 heterocycles. The summed E-state index contributed by atoms with van der Waals surface area (Å²) in [5.41, 5.74) is 3.80. The van der Waals surface area contributed by atoms with Gasteiger partial charge in [-0.2, -0.15) is 0 Å². The minimum Gasteiger partial charge on any atom is -0.296 e. The van der Waals surface area contributed by atoms with Crippen LogP contribution >= 0.6 is 34.7 Å². The summed E-state index contributed by atoms with van der Waals surface area (Å²) >= 11 is 9.00. The van der Waals surface area contributed by atoms with Gasteiger partial charge in [0.05, 0.1) is 16.8 Å². The van der Waals surface area contributed by atoms with Crippen LogP contribution in [0.4, 0.5) is 5.13 Å². The SMILES string of the molecule is CCSc1nnc(NC(=O)c2c(C)c(-c3ccc(Cl)cc3)nc3ccccc23)s1. The van der Waals surface area contributed by atoms with Crippen LogP contribution in [0.2, 0.25) is 5.02 Å². The topological polar surface area (TPSA) is 67.8 Å². The van der Waals surface area contributed by atoms with E-state index in [1.54, 1.807) is 11.8 Å². The molecule has 5 nitrogen and oxygen atoms in total. The van der Waals surface area contributed by atoms with Gasteiger partial charge in [0.2, 0.25) is 5.13 Å². The molecule has 4 rings (SSSR count). The molecule has 2 aromatic heterocycles. The van der Waals surface area contributed by atoms with Crippen LogP contribution in [0.5, 0.6) is 0 Å². The van der Waals surface area contributed by atoms with Gasteiger partial charge in [-0.3, -0.25) is 10.1 Å². The molecule has 2 aromatic carbocycles. The average molecular weight is 441 g/mol. The Kier molecular flexibility index (Phi) is 5.80. The molecule has 0 radical (unpaired) electrons. The summed E-state index contributed by atoms with van der Waals surface area (Å²) in [6.45, 7) is 3.96. The van der Waals surface area contributed by atoms with Gasteiger partial charge >= 0.3 is 0 Å². The fourth-order valence-electron chi connectivity index (χ4n) is 3.09. The van der Waals surface area contributed by atoms with E-state index in [0.717, 1.165) is 37.8 Å². The predicted octanol–water partition coefficient (Wildman–Crippen LogP) is 6.08. The zero-order valence-corrected chi connectivity index (χ0v) is 18.2. The Morgan fingerprint density at radius 1 is 1.14 bits per heavy atom. The lowest BCUT2D eigenvalue weighted by Gasteiger charge is -2.14. The Labute approximate surface area is 181 Å². The third-order valence-electron chi connectivity index (χ3n) is 4.38. The highest BCUT2D eigenvalue weighted by molar-refractivity contribution is 8.01. The van der Waals surface area contributed by atoms with Crippen molar-refractivity contribution >= 4 is 56.6 Å². The number of pyridine rings is 1. The molecule has 0 atom stereocenters. The third kappa shape index (κ3) is 4.12. The van der Waals surface area contributed by atoms with Crippen molar-refractivity contribution in [2.45, 2.75) is 18.2 Å². The quantitative estimate of drug-likeness (QED) is 0.301. The predicted molar refractivity (Wildman–Crippen MR) is 121 cm³/mol. The van der Waals surface area contributed by atoms with Gasteiger partial charge in [0, 0.05) is 16.0 Å². The molecule has 0 saturated carbocycles. The second kappa shape index (κ2) is 8.49. The van der Waals surface area contributed by atoms with Gasteiger partial charge in [0.25, 0.3) is 5.91 Å². The Morgan fingerprint density at radius 2 is 1.90 bits per heavy atom. The number of aromatic nitrogens is 3. The summed E-state index contributed by atoms with van der Waals surface area (Å²) in [7, 11) is 0. The fraction of sp³-hybridized carbons (Fsp3) is 0.143. The first kappa shape index (κ1) is 19.8. The summed E-state index contributed by atoms with van der Waals surface area (Å²) in [4.78, 5) is 18.0. The van der Waals surface area contributed by atoms with E-state index in [9.17, 15) is 4.79 Å². The van der Waals surface area contributed by atoms with Crippen LogP contribution in [0.15, 0.2) is 52.9 Å². The first-order chi connectivity index (χ1) is 14.1. The van der Waals surface area contributed by atoms with Crippen molar-refractivity contribution in [3.63, 3.8) is 0 Å². The van der Waals surface area contributed by atoms with E-state index in [1.165, 1.54) is 11.3 Å². The number of amides is 1. The van der Waals surface area contributed by atoms with Gasteiger partial charge in [-0.25, -0.2) is 4.98 Å². The van der Waals surface area contributed by atoms with Crippen LogP contribution in [0.3, 0.4) is 0 Å². The van der Waals surface area contributed by atoms with Crippen LogP contribution in [0.1, 0.15) is 22.8 Å². The lowest BCUT2D eigenvalue weighted by atomic mass is 9.97. The number of carbonyl (C=O) groups is 1. The van der Waals surface area contributed by atoms with E-state index in [4.69, 9.17) is 16.6 Å². The number of rotatable bonds is 5. The molecule has 0 aliphatic carbocycles. The molecule has 8 heteroatoms. The van der Waals surface area contributed by atoms with E-state index < -0.39 is 0 Å². The van der Waals surface area contributed by atoms with E-state index >= 15 is 0 Å². The first-order valence-corrected chi connectivity index (χ1v) is 11.2. The number of carbonyl (C=O) groups excluding carboxylic acids is 1. The van der Waals surface area contributed by atoms with Gasteiger partial charge in [-0.1, -0.05) is 72.0 Å². The van der Waals surface area contributed by atoms with Gasteiger partial charge in [-0.15, -0.1) is 10.2 Å². The summed E-state index contributed by atoms with van der Waals surface area (Å²) < 4.78 is 0.834. The van der Waals surface area contributed by atoms with E-state index in [1.807, 2.05) is 55.5 Å². The molecular weight excluding hydrogens is 424 g/mol. The number of fused-ring (bicyclic) bond motifs is 1. The number of para-hydroxylation sites is 1. The molecule has 0 unspecified atom stereocenters. The minimum atomic E-state index is -0.222. The van der Waals surface area contributed by atoms with Crippen molar-refractivity contribution in [3.8, 4) is 11.3 Å². The number of nitrogens with zero attached hydrogens (tertiary/aromatic N) is 3. The van der Waals surface area contributed by atoms with Gasteiger partial charge in [0.1, 0.15) is 0 Å². The van der Waals surface area contributed by atoms with E-state index in [-0.39, 0.29) is 5.91 Å². The van der Waals surface area contributed by atoms with Gasteiger partial charge in [-0.05, 0) is 36.4 Å². The van der Waals surface area contributed by atoms with Crippen molar-refractivity contribution in [3.05, 3.63) is 64.7 Å². The van der Waals surface area contributed by atoms with Gasteiger partial charge in [0.15, 0.2) is 4.34 Å².